The van der Waals surface area contributed by atoms with Gasteiger partial charge >= 0.3 is 0 Å². The van der Waals surface area contributed by atoms with Gasteiger partial charge in [0.25, 0.3) is 15.9 Å². The van der Waals surface area contributed by atoms with Gasteiger partial charge in [-0.3, -0.25) is 9.10 Å². The summed E-state index contributed by atoms with van der Waals surface area (Å²) in [6, 6.07) is 17.3. The average molecular weight is 574 g/mol. The van der Waals surface area contributed by atoms with Gasteiger partial charge in [0, 0.05) is 44.9 Å². The molecule has 0 unspecified atom stereocenters. The van der Waals surface area contributed by atoms with E-state index in [0.29, 0.717) is 22.7 Å². The quantitative estimate of drug-likeness (QED) is 0.407. The predicted octanol–water partition coefficient (Wildman–Crippen LogP) is 2.98. The molecule has 0 aromatic heterocycles. The molecule has 12 heteroatoms. The molecule has 39 heavy (non-hydrogen) atoms. The molecule has 4 rings (SSSR count). The van der Waals surface area contributed by atoms with Crippen LogP contribution in [0.25, 0.3) is 0 Å². The first-order chi connectivity index (χ1) is 18.5. The first-order valence-electron chi connectivity index (χ1n) is 12.2. The standard InChI is InChI=1S/C27H31N3O7S2/c1-20-5-11-23(12-6-20)39(34,35)30-17-15-29(16-18-30)27(31)21-7-9-22(10-8-21)28(2)38(32,33)24-13-14-25(36-3)26(19-24)37-4/h5-14,19H,15-18H2,1-4H3. The number of rotatable bonds is 8. The van der Waals surface area contributed by atoms with E-state index in [9.17, 15) is 21.6 Å². The van der Waals surface area contributed by atoms with Crippen molar-refractivity contribution in [1.82, 2.24) is 9.21 Å². The van der Waals surface area contributed by atoms with Crippen LogP contribution in [0.4, 0.5) is 5.69 Å². The van der Waals surface area contributed by atoms with E-state index in [-0.39, 0.29) is 41.9 Å². The number of anilines is 1. The number of sulfonamides is 2. The number of ether oxygens (including phenoxy) is 2. The highest BCUT2D eigenvalue weighted by molar-refractivity contribution is 7.92. The number of hydrogen-bond acceptors (Lipinski definition) is 7. The topological polar surface area (TPSA) is 114 Å². The van der Waals surface area contributed by atoms with Crippen molar-refractivity contribution in [3.8, 4) is 11.5 Å². The fourth-order valence-electron chi connectivity index (χ4n) is 4.26. The normalized spacial score (nSPS) is 14.6. The van der Waals surface area contributed by atoms with E-state index in [1.807, 2.05) is 6.92 Å². The molecule has 0 aliphatic carbocycles. The molecule has 0 atom stereocenters. The van der Waals surface area contributed by atoms with Gasteiger partial charge in [0.05, 0.1) is 29.7 Å². The molecular weight excluding hydrogens is 542 g/mol. The Hall–Kier alpha value is -3.61. The number of carbonyl (C=O) groups is 1. The van der Waals surface area contributed by atoms with Gasteiger partial charge in [-0.2, -0.15) is 4.31 Å². The van der Waals surface area contributed by atoms with Crippen molar-refractivity contribution in [1.29, 1.82) is 0 Å². The summed E-state index contributed by atoms with van der Waals surface area (Å²) < 4.78 is 65.2. The van der Waals surface area contributed by atoms with E-state index >= 15 is 0 Å². The van der Waals surface area contributed by atoms with Crippen LogP contribution in [-0.4, -0.2) is 79.4 Å². The van der Waals surface area contributed by atoms with Crippen molar-refractivity contribution in [2.24, 2.45) is 0 Å². The zero-order valence-corrected chi connectivity index (χ0v) is 23.8. The van der Waals surface area contributed by atoms with Crippen LogP contribution in [0.2, 0.25) is 0 Å². The van der Waals surface area contributed by atoms with E-state index in [2.05, 4.69) is 0 Å². The maximum absolute atomic E-state index is 13.2. The minimum atomic E-state index is -3.91. The first kappa shape index (κ1) is 28.4. The molecule has 0 spiro atoms. The summed E-state index contributed by atoms with van der Waals surface area (Å²) in [6.45, 7) is 2.76. The summed E-state index contributed by atoms with van der Waals surface area (Å²) in [5.74, 6) is 0.453. The Balaban J connectivity index is 1.43. The fraction of sp³-hybridized carbons (Fsp3) is 0.296. The third-order valence-electron chi connectivity index (χ3n) is 6.68. The Bertz CT molecular complexity index is 1550. The zero-order chi connectivity index (χ0) is 28.4. The molecule has 10 nitrogen and oxygen atoms in total. The molecule has 0 N–H and O–H groups in total. The monoisotopic (exact) mass is 573 g/mol. The van der Waals surface area contributed by atoms with Crippen LogP contribution >= 0.6 is 0 Å². The van der Waals surface area contributed by atoms with E-state index in [0.717, 1.165) is 9.87 Å². The zero-order valence-electron chi connectivity index (χ0n) is 22.2. The molecule has 0 radical (unpaired) electrons. The second-order valence-corrected chi connectivity index (χ2v) is 13.0. The van der Waals surface area contributed by atoms with Gasteiger partial charge in [-0.25, -0.2) is 16.8 Å². The lowest BCUT2D eigenvalue weighted by molar-refractivity contribution is 0.0698. The predicted molar refractivity (Wildman–Crippen MR) is 147 cm³/mol. The number of hydrogen-bond donors (Lipinski definition) is 0. The van der Waals surface area contributed by atoms with Crippen LogP contribution in [0.1, 0.15) is 15.9 Å². The van der Waals surface area contributed by atoms with Gasteiger partial charge in [-0.05, 0) is 55.5 Å². The van der Waals surface area contributed by atoms with E-state index in [1.54, 1.807) is 53.4 Å². The maximum atomic E-state index is 13.2. The van der Waals surface area contributed by atoms with Crippen molar-refractivity contribution in [3.05, 3.63) is 77.9 Å². The Kier molecular flexibility index (Phi) is 8.19. The maximum Gasteiger partial charge on any atom is 0.264 e. The molecule has 1 aliphatic heterocycles. The summed E-state index contributed by atoms with van der Waals surface area (Å²) in [5, 5.41) is 0. The van der Waals surface area contributed by atoms with E-state index in [4.69, 9.17) is 9.47 Å². The minimum Gasteiger partial charge on any atom is -0.493 e. The van der Waals surface area contributed by atoms with Gasteiger partial charge in [0.15, 0.2) is 11.5 Å². The Morgan fingerprint density at radius 2 is 1.33 bits per heavy atom. The van der Waals surface area contributed by atoms with Gasteiger partial charge in [0.1, 0.15) is 0 Å². The number of benzene rings is 3. The summed E-state index contributed by atoms with van der Waals surface area (Å²) in [4.78, 5) is 15.0. The van der Waals surface area contributed by atoms with Gasteiger partial charge in [0.2, 0.25) is 10.0 Å². The van der Waals surface area contributed by atoms with Crippen molar-refractivity contribution in [2.75, 3.05) is 51.8 Å². The Labute approximate surface area is 229 Å². The minimum absolute atomic E-state index is 0.0289. The number of nitrogens with zero attached hydrogens (tertiary/aromatic N) is 3. The Morgan fingerprint density at radius 3 is 1.90 bits per heavy atom. The van der Waals surface area contributed by atoms with Crippen molar-refractivity contribution >= 4 is 31.6 Å². The molecule has 3 aromatic carbocycles. The van der Waals surface area contributed by atoms with Gasteiger partial charge in [-0.15, -0.1) is 0 Å². The molecule has 0 saturated carbocycles. The molecule has 208 valence electrons. The lowest BCUT2D eigenvalue weighted by Gasteiger charge is -2.34. The fourth-order valence-corrected chi connectivity index (χ4v) is 6.89. The largest absolute Gasteiger partial charge is 0.493 e. The molecule has 1 heterocycles. The first-order valence-corrected chi connectivity index (χ1v) is 15.0. The van der Waals surface area contributed by atoms with Crippen LogP contribution in [0.5, 0.6) is 11.5 Å². The highest BCUT2D eigenvalue weighted by Gasteiger charge is 2.30. The lowest BCUT2D eigenvalue weighted by atomic mass is 10.1. The number of carbonyl (C=O) groups excluding carboxylic acids is 1. The summed E-state index contributed by atoms with van der Waals surface area (Å²) in [5.41, 5.74) is 1.72. The molecule has 1 amide bonds. The van der Waals surface area contributed by atoms with Crippen molar-refractivity contribution in [3.63, 3.8) is 0 Å². The lowest BCUT2D eigenvalue weighted by Crippen LogP contribution is -2.50. The molecule has 1 aliphatic rings. The highest BCUT2D eigenvalue weighted by atomic mass is 32.2. The molecule has 1 fully saturated rings. The Morgan fingerprint density at radius 1 is 0.769 bits per heavy atom. The second-order valence-electron chi connectivity index (χ2n) is 9.05. The third-order valence-corrected chi connectivity index (χ3v) is 10.4. The van der Waals surface area contributed by atoms with Gasteiger partial charge in [-0.1, -0.05) is 17.7 Å². The van der Waals surface area contributed by atoms with Crippen LogP contribution in [0.3, 0.4) is 0 Å². The van der Waals surface area contributed by atoms with Crippen LogP contribution < -0.4 is 13.8 Å². The SMILES string of the molecule is COc1ccc(S(=O)(=O)N(C)c2ccc(C(=O)N3CCN(S(=O)(=O)c4ccc(C)cc4)CC3)cc2)cc1OC. The smallest absolute Gasteiger partial charge is 0.264 e. The summed E-state index contributed by atoms with van der Waals surface area (Å²) in [7, 11) is -3.22. The number of aryl methyl sites for hydroxylation is 1. The van der Waals surface area contributed by atoms with Crippen LogP contribution in [-0.2, 0) is 20.0 Å². The van der Waals surface area contributed by atoms with Crippen LogP contribution in [0, 0.1) is 6.92 Å². The van der Waals surface area contributed by atoms with Crippen molar-refractivity contribution in [2.45, 2.75) is 16.7 Å². The molecular formula is C27H31N3O7S2. The van der Waals surface area contributed by atoms with Crippen molar-refractivity contribution < 1.29 is 31.1 Å². The number of methoxy groups -OCH3 is 2. The van der Waals surface area contributed by atoms with E-state index < -0.39 is 20.0 Å². The summed E-state index contributed by atoms with van der Waals surface area (Å²) in [6.07, 6.45) is 0. The third kappa shape index (κ3) is 5.72. The highest BCUT2D eigenvalue weighted by Crippen LogP contribution is 2.32. The van der Waals surface area contributed by atoms with E-state index in [1.165, 1.54) is 43.8 Å². The van der Waals surface area contributed by atoms with Gasteiger partial charge < -0.3 is 14.4 Å². The molecule has 3 aromatic rings. The number of piperazine rings is 1. The number of amides is 1. The molecule has 0 bridgehead atoms. The second kappa shape index (κ2) is 11.2. The average Bonchev–Trinajstić information content (AvgIpc) is 2.96. The summed E-state index contributed by atoms with van der Waals surface area (Å²) >= 11 is 0. The molecule has 1 saturated heterocycles. The van der Waals surface area contributed by atoms with Crippen LogP contribution in [0.15, 0.2) is 76.5 Å².